The normalized spacial score (nSPS) is 11.5. The quantitative estimate of drug-likeness (QED) is 0.870. The number of nitrogens with zero attached hydrogens (tertiary/aromatic N) is 3. The molecular weight excluding hydrogens is 212 g/mol. The third-order valence-electron chi connectivity index (χ3n) is 2.49. The van der Waals surface area contributed by atoms with Crippen LogP contribution in [0.25, 0.3) is 0 Å². The van der Waals surface area contributed by atoms with Crippen molar-refractivity contribution < 1.29 is 0 Å². The molecule has 1 aromatic carbocycles. The molecule has 0 spiro atoms. The van der Waals surface area contributed by atoms with Crippen LogP contribution in [0.15, 0.2) is 42.9 Å². The monoisotopic (exact) mass is 224 g/mol. The third kappa shape index (κ3) is 2.58. The van der Waals surface area contributed by atoms with Crippen LogP contribution in [0.5, 0.6) is 0 Å². The highest BCUT2D eigenvalue weighted by Gasteiger charge is 2.08. The van der Waals surface area contributed by atoms with Crippen molar-refractivity contribution in [1.82, 2.24) is 9.97 Å². The van der Waals surface area contributed by atoms with E-state index in [0.29, 0.717) is 11.4 Å². The lowest BCUT2D eigenvalue weighted by Crippen LogP contribution is -2.09. The SMILES string of the molecule is CC(Nc1ncncc1C#N)c1ccccc1. The van der Waals surface area contributed by atoms with Crippen molar-refractivity contribution in [1.29, 1.82) is 5.26 Å². The first-order valence-corrected chi connectivity index (χ1v) is 5.33. The molecule has 17 heavy (non-hydrogen) atoms. The molecule has 2 rings (SSSR count). The van der Waals surface area contributed by atoms with Gasteiger partial charge in [0.15, 0.2) is 0 Å². The van der Waals surface area contributed by atoms with E-state index in [4.69, 9.17) is 5.26 Å². The number of hydrogen-bond donors (Lipinski definition) is 1. The van der Waals surface area contributed by atoms with Gasteiger partial charge in [-0.25, -0.2) is 9.97 Å². The van der Waals surface area contributed by atoms with E-state index in [1.807, 2.05) is 37.3 Å². The van der Waals surface area contributed by atoms with Crippen molar-refractivity contribution in [3.8, 4) is 6.07 Å². The zero-order valence-corrected chi connectivity index (χ0v) is 9.46. The number of benzene rings is 1. The van der Waals surface area contributed by atoms with E-state index >= 15 is 0 Å². The maximum atomic E-state index is 8.93. The van der Waals surface area contributed by atoms with Crippen molar-refractivity contribution in [2.24, 2.45) is 0 Å². The van der Waals surface area contributed by atoms with Crippen LogP contribution in [0.3, 0.4) is 0 Å². The van der Waals surface area contributed by atoms with Gasteiger partial charge in [-0.15, -0.1) is 0 Å². The van der Waals surface area contributed by atoms with E-state index in [1.165, 1.54) is 12.5 Å². The van der Waals surface area contributed by atoms with Crippen molar-refractivity contribution in [3.63, 3.8) is 0 Å². The Balaban J connectivity index is 2.19. The summed E-state index contributed by atoms with van der Waals surface area (Å²) >= 11 is 0. The third-order valence-corrected chi connectivity index (χ3v) is 2.49. The molecule has 0 aliphatic rings. The average molecular weight is 224 g/mol. The molecular formula is C13H12N4. The molecule has 0 aliphatic heterocycles. The zero-order valence-electron chi connectivity index (χ0n) is 9.46. The van der Waals surface area contributed by atoms with Crippen LogP contribution in [0.2, 0.25) is 0 Å². The molecule has 0 aliphatic carbocycles. The molecule has 0 fully saturated rings. The van der Waals surface area contributed by atoms with Crippen molar-refractivity contribution >= 4 is 5.82 Å². The Morgan fingerprint density at radius 2 is 2.06 bits per heavy atom. The number of hydrogen-bond acceptors (Lipinski definition) is 4. The van der Waals surface area contributed by atoms with Crippen LogP contribution in [0.4, 0.5) is 5.82 Å². The number of nitriles is 1. The number of nitrogens with one attached hydrogen (secondary N) is 1. The number of rotatable bonds is 3. The molecule has 0 saturated carbocycles. The molecule has 0 amide bonds. The lowest BCUT2D eigenvalue weighted by molar-refractivity contribution is 0.870. The van der Waals surface area contributed by atoms with E-state index in [1.54, 1.807) is 0 Å². The smallest absolute Gasteiger partial charge is 0.147 e. The van der Waals surface area contributed by atoms with Gasteiger partial charge in [-0.2, -0.15) is 5.26 Å². The molecule has 0 radical (unpaired) electrons. The van der Waals surface area contributed by atoms with Gasteiger partial charge in [-0.3, -0.25) is 0 Å². The molecule has 1 unspecified atom stereocenters. The first-order valence-electron chi connectivity index (χ1n) is 5.33. The Hall–Kier alpha value is -2.41. The second kappa shape index (κ2) is 5.08. The van der Waals surface area contributed by atoms with Crippen LogP contribution < -0.4 is 5.32 Å². The van der Waals surface area contributed by atoms with Gasteiger partial charge in [0.05, 0.1) is 6.20 Å². The van der Waals surface area contributed by atoms with Gasteiger partial charge in [-0.1, -0.05) is 30.3 Å². The second-order valence-electron chi connectivity index (χ2n) is 3.67. The highest BCUT2D eigenvalue weighted by Crippen LogP contribution is 2.18. The van der Waals surface area contributed by atoms with Crippen molar-refractivity contribution in [2.75, 3.05) is 5.32 Å². The first-order chi connectivity index (χ1) is 8.31. The largest absolute Gasteiger partial charge is 0.362 e. The van der Waals surface area contributed by atoms with Crippen LogP contribution >= 0.6 is 0 Å². The van der Waals surface area contributed by atoms with Crippen LogP contribution in [-0.4, -0.2) is 9.97 Å². The zero-order chi connectivity index (χ0) is 12.1. The van der Waals surface area contributed by atoms with E-state index in [2.05, 4.69) is 21.4 Å². The predicted octanol–water partition coefficient (Wildman–Crippen LogP) is 2.52. The molecule has 1 N–H and O–H groups in total. The Morgan fingerprint density at radius 1 is 1.29 bits per heavy atom. The fourth-order valence-corrected chi connectivity index (χ4v) is 1.56. The van der Waals surface area contributed by atoms with Crippen LogP contribution in [0, 0.1) is 11.3 Å². The summed E-state index contributed by atoms with van der Waals surface area (Å²) in [6.45, 7) is 2.03. The summed E-state index contributed by atoms with van der Waals surface area (Å²) in [5.74, 6) is 0.568. The average Bonchev–Trinajstić information content (AvgIpc) is 2.40. The fraction of sp³-hybridized carbons (Fsp3) is 0.154. The molecule has 0 saturated heterocycles. The highest BCUT2D eigenvalue weighted by molar-refractivity contribution is 5.51. The van der Waals surface area contributed by atoms with E-state index in [9.17, 15) is 0 Å². The molecule has 84 valence electrons. The minimum absolute atomic E-state index is 0.0956. The Morgan fingerprint density at radius 3 is 2.76 bits per heavy atom. The Kier molecular flexibility index (Phi) is 3.31. The van der Waals surface area contributed by atoms with E-state index in [0.717, 1.165) is 5.56 Å². The first kappa shape index (κ1) is 11.1. The van der Waals surface area contributed by atoms with Gasteiger partial charge in [0.25, 0.3) is 0 Å². The van der Waals surface area contributed by atoms with Crippen LogP contribution in [0.1, 0.15) is 24.1 Å². The minimum Gasteiger partial charge on any atom is -0.362 e. The van der Waals surface area contributed by atoms with Crippen molar-refractivity contribution in [2.45, 2.75) is 13.0 Å². The molecule has 1 atom stereocenters. The van der Waals surface area contributed by atoms with Gasteiger partial charge in [0.2, 0.25) is 0 Å². The Labute approximate surface area is 100.0 Å². The maximum Gasteiger partial charge on any atom is 0.147 e. The summed E-state index contributed by atoms with van der Waals surface area (Å²) in [4.78, 5) is 7.89. The molecule has 1 aromatic heterocycles. The lowest BCUT2D eigenvalue weighted by Gasteiger charge is -2.15. The van der Waals surface area contributed by atoms with E-state index in [-0.39, 0.29) is 6.04 Å². The maximum absolute atomic E-state index is 8.93. The van der Waals surface area contributed by atoms with Gasteiger partial charge >= 0.3 is 0 Å². The van der Waals surface area contributed by atoms with Crippen molar-refractivity contribution in [3.05, 3.63) is 54.0 Å². The van der Waals surface area contributed by atoms with Gasteiger partial charge in [0.1, 0.15) is 23.8 Å². The van der Waals surface area contributed by atoms with Gasteiger partial charge in [0, 0.05) is 6.04 Å². The topological polar surface area (TPSA) is 61.6 Å². The van der Waals surface area contributed by atoms with E-state index < -0.39 is 0 Å². The molecule has 0 bridgehead atoms. The standard InChI is InChI=1S/C13H12N4/c1-10(11-5-3-2-4-6-11)17-13-12(7-14)8-15-9-16-13/h2-6,8-10H,1H3,(H,15,16,17). The molecule has 2 aromatic rings. The molecule has 1 heterocycles. The minimum atomic E-state index is 0.0956. The molecule has 4 heteroatoms. The summed E-state index contributed by atoms with van der Waals surface area (Å²) in [7, 11) is 0. The molecule has 4 nitrogen and oxygen atoms in total. The van der Waals surface area contributed by atoms with Gasteiger partial charge in [-0.05, 0) is 12.5 Å². The number of aromatic nitrogens is 2. The van der Waals surface area contributed by atoms with Crippen LogP contribution in [-0.2, 0) is 0 Å². The summed E-state index contributed by atoms with van der Waals surface area (Å²) in [5.41, 5.74) is 1.60. The summed E-state index contributed by atoms with van der Waals surface area (Å²) in [6.07, 6.45) is 2.94. The summed E-state index contributed by atoms with van der Waals surface area (Å²) in [5, 5.41) is 12.1. The lowest BCUT2D eigenvalue weighted by atomic mass is 10.1. The highest BCUT2D eigenvalue weighted by atomic mass is 15.0. The fourth-order valence-electron chi connectivity index (χ4n) is 1.56. The second-order valence-corrected chi connectivity index (χ2v) is 3.67. The summed E-state index contributed by atoms with van der Waals surface area (Å²) < 4.78 is 0. The number of anilines is 1. The van der Waals surface area contributed by atoms with Gasteiger partial charge < -0.3 is 5.32 Å². The Bertz CT molecular complexity index is 531. The summed E-state index contributed by atoms with van der Waals surface area (Å²) in [6, 6.07) is 12.2. The predicted molar refractivity (Wildman–Crippen MR) is 65.2 cm³/mol.